The van der Waals surface area contributed by atoms with Crippen molar-refractivity contribution in [3.63, 3.8) is 0 Å². The Morgan fingerprint density at radius 1 is 0.453 bits per heavy atom. The second-order valence-corrected chi connectivity index (χ2v) is 17.1. The van der Waals surface area contributed by atoms with Gasteiger partial charge in [0.05, 0.1) is 27.9 Å². The highest BCUT2D eigenvalue weighted by atomic mass is 15.1. The van der Waals surface area contributed by atoms with Gasteiger partial charge in [-0.3, -0.25) is 4.99 Å². The summed E-state index contributed by atoms with van der Waals surface area (Å²) in [7, 11) is 0. The molecule has 3 heterocycles. The summed E-state index contributed by atoms with van der Waals surface area (Å²) >= 11 is 0. The molecule has 0 saturated carbocycles. The number of hydrogen-bond acceptors (Lipinski definition) is 2. The van der Waals surface area contributed by atoms with Crippen molar-refractivity contribution in [2.75, 3.05) is 5.32 Å². The number of para-hydroxylation sites is 3. The normalized spacial score (nSPS) is 15.6. The maximum Gasteiger partial charge on any atom is 0.145 e. The number of anilines is 1. The number of benzene rings is 9. The first-order chi connectivity index (χ1) is 31.7. The van der Waals surface area contributed by atoms with Gasteiger partial charge in [0, 0.05) is 61.2 Å². The smallest absolute Gasteiger partial charge is 0.145 e. The number of fused-ring (bicyclic) bond motifs is 9. The number of allylic oxidation sites excluding steroid dienone is 1. The van der Waals surface area contributed by atoms with Gasteiger partial charge >= 0.3 is 0 Å². The van der Waals surface area contributed by atoms with Crippen LogP contribution in [0.3, 0.4) is 0 Å². The van der Waals surface area contributed by atoms with Crippen LogP contribution in [0.25, 0.3) is 72.1 Å². The van der Waals surface area contributed by atoms with E-state index >= 15 is 0 Å². The summed E-state index contributed by atoms with van der Waals surface area (Å²) in [5.74, 6) is 0.229. The Morgan fingerprint density at radius 2 is 1.06 bits per heavy atom. The second kappa shape index (κ2) is 14.7. The summed E-state index contributed by atoms with van der Waals surface area (Å²) in [6, 6.07) is 77.0. The van der Waals surface area contributed by atoms with E-state index < -0.39 is 0 Å². The highest BCUT2D eigenvalue weighted by Gasteiger charge is 2.27. The van der Waals surface area contributed by atoms with Crippen molar-refractivity contribution >= 4 is 61.0 Å². The molecule has 302 valence electrons. The molecule has 13 rings (SSSR count). The molecule has 2 aromatic heterocycles. The Kier molecular flexibility index (Phi) is 8.38. The zero-order valence-corrected chi connectivity index (χ0v) is 35.1. The van der Waals surface area contributed by atoms with Crippen molar-refractivity contribution in [3.05, 3.63) is 252 Å². The molecule has 64 heavy (non-hydrogen) atoms. The second-order valence-electron chi connectivity index (χ2n) is 17.1. The first-order valence-electron chi connectivity index (χ1n) is 22.3. The predicted octanol–water partition coefficient (Wildman–Crippen LogP) is 14.9. The van der Waals surface area contributed by atoms with Crippen LogP contribution < -0.4 is 5.32 Å². The zero-order chi connectivity index (χ0) is 42.1. The molecule has 4 nitrogen and oxygen atoms in total. The van der Waals surface area contributed by atoms with Crippen LogP contribution >= 0.6 is 0 Å². The number of aromatic nitrogens is 2. The van der Waals surface area contributed by atoms with Crippen LogP contribution in [-0.4, -0.2) is 14.8 Å². The van der Waals surface area contributed by atoms with Crippen molar-refractivity contribution in [1.29, 1.82) is 0 Å². The molecule has 0 bridgehead atoms. The minimum absolute atomic E-state index is 0.229. The fraction of sp³-hybridized carbons (Fsp3) is 0.0500. The van der Waals surface area contributed by atoms with E-state index in [1.807, 2.05) is 0 Å². The minimum Gasteiger partial charge on any atom is -0.359 e. The lowest BCUT2D eigenvalue weighted by molar-refractivity contribution is 0.784. The van der Waals surface area contributed by atoms with Crippen LogP contribution in [0.2, 0.25) is 0 Å². The van der Waals surface area contributed by atoms with Crippen LogP contribution in [0.5, 0.6) is 0 Å². The van der Waals surface area contributed by atoms with E-state index in [-0.39, 0.29) is 12.1 Å². The molecule has 0 amide bonds. The van der Waals surface area contributed by atoms with Gasteiger partial charge in [-0.2, -0.15) is 0 Å². The molecule has 2 atom stereocenters. The Labute approximate surface area is 371 Å². The third kappa shape index (κ3) is 5.87. The van der Waals surface area contributed by atoms with Crippen molar-refractivity contribution in [2.24, 2.45) is 4.99 Å². The first-order valence-corrected chi connectivity index (χ1v) is 22.3. The SMILES string of the molecule is C1=CC(c2ccc3c(c2)c2ccccc2n3-c2ccccc2)Cc2c1c1ccccc1n2-c1ccc(C2=NC(c3ccc(-c4ccccc4)cc3)Nc3c2ccc2ccccc32)cc1. The average Bonchev–Trinajstić information content (AvgIpc) is 3.89. The van der Waals surface area contributed by atoms with Gasteiger partial charge in [0.15, 0.2) is 0 Å². The highest BCUT2D eigenvalue weighted by Crippen LogP contribution is 2.42. The number of hydrogen-bond donors (Lipinski definition) is 1. The summed E-state index contributed by atoms with van der Waals surface area (Å²) in [5.41, 5.74) is 17.8. The van der Waals surface area contributed by atoms with Crippen molar-refractivity contribution in [1.82, 2.24) is 9.13 Å². The summed E-state index contributed by atoms with van der Waals surface area (Å²) in [4.78, 5) is 5.48. The summed E-state index contributed by atoms with van der Waals surface area (Å²) in [6.07, 6.45) is 5.44. The topological polar surface area (TPSA) is 34.2 Å². The monoisotopic (exact) mass is 818 g/mol. The summed E-state index contributed by atoms with van der Waals surface area (Å²) in [5, 5.41) is 10.1. The lowest BCUT2D eigenvalue weighted by atomic mass is 9.87. The van der Waals surface area contributed by atoms with Gasteiger partial charge in [0.2, 0.25) is 0 Å². The molecule has 9 aromatic carbocycles. The third-order valence-electron chi connectivity index (χ3n) is 13.5. The zero-order valence-electron chi connectivity index (χ0n) is 35.1. The molecule has 1 aliphatic carbocycles. The van der Waals surface area contributed by atoms with Crippen LogP contribution in [0, 0.1) is 0 Å². The van der Waals surface area contributed by atoms with Gasteiger partial charge < -0.3 is 14.5 Å². The first kappa shape index (κ1) is 36.4. The third-order valence-corrected chi connectivity index (χ3v) is 13.5. The van der Waals surface area contributed by atoms with Crippen LogP contribution in [0.1, 0.15) is 45.6 Å². The van der Waals surface area contributed by atoms with E-state index in [1.54, 1.807) is 0 Å². The molecule has 2 unspecified atom stereocenters. The molecule has 4 heteroatoms. The van der Waals surface area contributed by atoms with E-state index in [2.05, 4.69) is 239 Å². The molecule has 2 aliphatic rings. The van der Waals surface area contributed by atoms with Gasteiger partial charge in [0.25, 0.3) is 0 Å². The van der Waals surface area contributed by atoms with Gasteiger partial charge in [0.1, 0.15) is 6.17 Å². The molecular formula is C60H42N4. The maximum absolute atomic E-state index is 5.48. The van der Waals surface area contributed by atoms with E-state index in [9.17, 15) is 0 Å². The lowest BCUT2D eigenvalue weighted by Gasteiger charge is -2.28. The van der Waals surface area contributed by atoms with E-state index in [4.69, 9.17) is 4.99 Å². The molecule has 0 fully saturated rings. The Bertz CT molecular complexity index is 3650. The quantitative estimate of drug-likeness (QED) is 0.178. The predicted molar refractivity (Wildman–Crippen MR) is 267 cm³/mol. The highest BCUT2D eigenvalue weighted by molar-refractivity contribution is 6.20. The molecule has 11 aromatic rings. The van der Waals surface area contributed by atoms with E-state index in [1.165, 1.54) is 77.1 Å². The van der Waals surface area contributed by atoms with Gasteiger partial charge in [-0.05, 0) is 82.6 Å². The number of aliphatic imine (C=N–C) groups is 1. The minimum atomic E-state index is -0.240. The van der Waals surface area contributed by atoms with Crippen LogP contribution in [-0.2, 0) is 6.42 Å². The number of nitrogens with zero attached hydrogens (tertiary/aromatic N) is 3. The number of nitrogens with one attached hydrogen (secondary N) is 1. The molecule has 0 radical (unpaired) electrons. The fourth-order valence-corrected chi connectivity index (χ4v) is 10.4. The van der Waals surface area contributed by atoms with Crippen molar-refractivity contribution in [2.45, 2.75) is 18.5 Å². The van der Waals surface area contributed by atoms with Crippen LogP contribution in [0.4, 0.5) is 5.69 Å². The summed E-state index contributed by atoms with van der Waals surface area (Å²) in [6.45, 7) is 0. The Morgan fingerprint density at radius 3 is 1.86 bits per heavy atom. The van der Waals surface area contributed by atoms with Gasteiger partial charge in [-0.15, -0.1) is 0 Å². The molecular weight excluding hydrogens is 777 g/mol. The largest absolute Gasteiger partial charge is 0.359 e. The fourth-order valence-electron chi connectivity index (χ4n) is 10.4. The average molecular weight is 819 g/mol. The lowest BCUT2D eigenvalue weighted by Crippen LogP contribution is -2.21. The van der Waals surface area contributed by atoms with Crippen molar-refractivity contribution in [3.8, 4) is 22.5 Å². The molecule has 1 N–H and O–H groups in total. The van der Waals surface area contributed by atoms with Gasteiger partial charge in [-0.1, -0.05) is 176 Å². The summed E-state index contributed by atoms with van der Waals surface area (Å²) < 4.78 is 4.89. The Balaban J connectivity index is 0.882. The molecule has 1 aliphatic heterocycles. The Hall–Kier alpha value is -8.21. The molecule has 0 spiro atoms. The van der Waals surface area contributed by atoms with Crippen LogP contribution in [0.15, 0.2) is 223 Å². The van der Waals surface area contributed by atoms with E-state index in [0.717, 1.165) is 40.2 Å². The van der Waals surface area contributed by atoms with Crippen molar-refractivity contribution < 1.29 is 0 Å². The molecule has 0 saturated heterocycles. The standard InChI is InChI=1S/C60H42N4/c1-3-13-39(14-4-1)40-23-25-43(26-24-40)60-61-58(52-35-29-41-15-7-8-18-48(41)59(52)62-60)42-27-32-47(33-28-42)64-54-21-11-9-19-49(54)51-34-30-45(38-57(51)64)44-31-36-56-53(37-44)50-20-10-12-22-55(50)63(56)46-16-5-2-6-17-46/h1-37,45,60,62H,38H2. The van der Waals surface area contributed by atoms with E-state index in [0.29, 0.717) is 0 Å². The van der Waals surface area contributed by atoms with Gasteiger partial charge in [-0.25, -0.2) is 0 Å². The number of rotatable bonds is 6. The maximum atomic E-state index is 5.48.